The summed E-state index contributed by atoms with van der Waals surface area (Å²) in [5.74, 6) is -0.0749. The Balaban J connectivity index is 1.34. The highest BCUT2D eigenvalue weighted by atomic mass is 16.5. The Labute approximate surface area is 187 Å². The standard InChI is InChI=1S/C26H26N4O2/c31-26(28-24(20-6-2-1-3-7-20)18-29-14-16-32-17-15-29)21-10-12-22(13-11-21)30-19-27-23-8-4-5-9-25(23)30/h1-13,19,24H,14-18H2,(H,28,31)/t24-/m0/s1. The molecule has 5 rings (SSSR count). The van der Waals surface area contributed by atoms with E-state index >= 15 is 0 Å². The van der Waals surface area contributed by atoms with Gasteiger partial charge in [0.05, 0.1) is 30.3 Å². The Morgan fingerprint density at radius 1 is 0.938 bits per heavy atom. The number of carbonyl (C=O) groups is 1. The molecule has 0 bridgehead atoms. The van der Waals surface area contributed by atoms with Crippen LogP contribution in [0.1, 0.15) is 22.0 Å². The zero-order valence-electron chi connectivity index (χ0n) is 17.9. The molecule has 0 spiro atoms. The number of morpholine rings is 1. The minimum atomic E-state index is -0.0842. The maximum atomic E-state index is 13.1. The smallest absolute Gasteiger partial charge is 0.251 e. The summed E-state index contributed by atoms with van der Waals surface area (Å²) in [6, 6.07) is 25.7. The molecule has 0 radical (unpaired) electrons. The summed E-state index contributed by atoms with van der Waals surface area (Å²) in [6.45, 7) is 4.00. The van der Waals surface area contributed by atoms with E-state index < -0.39 is 0 Å². The van der Waals surface area contributed by atoms with Crippen molar-refractivity contribution < 1.29 is 9.53 Å². The number of benzene rings is 3. The Morgan fingerprint density at radius 3 is 2.44 bits per heavy atom. The highest BCUT2D eigenvalue weighted by Gasteiger charge is 2.20. The molecule has 6 nitrogen and oxygen atoms in total. The molecule has 6 heteroatoms. The van der Waals surface area contributed by atoms with Crippen LogP contribution in [0.5, 0.6) is 0 Å². The first-order chi connectivity index (χ1) is 15.8. The largest absolute Gasteiger partial charge is 0.379 e. The Hall–Kier alpha value is -3.48. The maximum Gasteiger partial charge on any atom is 0.251 e. The van der Waals surface area contributed by atoms with Gasteiger partial charge in [-0.15, -0.1) is 0 Å². The van der Waals surface area contributed by atoms with E-state index in [2.05, 4.69) is 27.3 Å². The maximum absolute atomic E-state index is 13.1. The summed E-state index contributed by atoms with van der Waals surface area (Å²) in [7, 11) is 0. The molecule has 1 aliphatic rings. The molecule has 0 aliphatic carbocycles. The summed E-state index contributed by atoms with van der Waals surface area (Å²) < 4.78 is 7.50. The number of amides is 1. The van der Waals surface area contributed by atoms with Gasteiger partial charge in [0, 0.05) is 30.9 Å². The van der Waals surface area contributed by atoms with Crippen LogP contribution in [0.15, 0.2) is 85.2 Å². The minimum Gasteiger partial charge on any atom is -0.379 e. The lowest BCUT2D eigenvalue weighted by molar-refractivity contribution is 0.0332. The van der Waals surface area contributed by atoms with E-state index in [9.17, 15) is 4.79 Å². The Kier molecular flexibility index (Phi) is 5.96. The van der Waals surface area contributed by atoms with E-state index in [1.807, 2.05) is 77.6 Å². The van der Waals surface area contributed by atoms with Gasteiger partial charge in [-0.05, 0) is 42.0 Å². The fraction of sp³-hybridized carbons (Fsp3) is 0.231. The van der Waals surface area contributed by atoms with Gasteiger partial charge in [0.25, 0.3) is 5.91 Å². The molecule has 32 heavy (non-hydrogen) atoms. The molecule has 1 aliphatic heterocycles. The lowest BCUT2D eigenvalue weighted by atomic mass is 10.1. The second kappa shape index (κ2) is 9.34. The molecule has 4 aromatic rings. The third-order valence-corrected chi connectivity index (χ3v) is 5.91. The molecule has 1 atom stereocenters. The van der Waals surface area contributed by atoms with E-state index in [0.717, 1.165) is 55.1 Å². The van der Waals surface area contributed by atoms with Crippen LogP contribution < -0.4 is 5.32 Å². The summed E-state index contributed by atoms with van der Waals surface area (Å²) >= 11 is 0. The highest BCUT2D eigenvalue weighted by molar-refractivity contribution is 5.94. The van der Waals surface area contributed by atoms with E-state index in [-0.39, 0.29) is 11.9 Å². The average molecular weight is 427 g/mol. The Bertz CT molecular complexity index is 1180. The molecule has 0 unspecified atom stereocenters. The number of nitrogens with one attached hydrogen (secondary N) is 1. The number of aromatic nitrogens is 2. The van der Waals surface area contributed by atoms with Crippen molar-refractivity contribution in [2.75, 3.05) is 32.8 Å². The van der Waals surface area contributed by atoms with Gasteiger partial charge in [0.15, 0.2) is 0 Å². The quantitative estimate of drug-likeness (QED) is 0.509. The summed E-state index contributed by atoms with van der Waals surface area (Å²) in [6.07, 6.45) is 1.81. The van der Waals surface area contributed by atoms with Gasteiger partial charge in [0.1, 0.15) is 6.33 Å². The molecule has 1 aromatic heterocycles. The number of rotatable bonds is 6. The molecule has 162 valence electrons. The zero-order chi connectivity index (χ0) is 21.8. The lowest BCUT2D eigenvalue weighted by Gasteiger charge is -2.31. The fourth-order valence-electron chi connectivity index (χ4n) is 4.14. The first-order valence-electron chi connectivity index (χ1n) is 11.0. The van der Waals surface area contributed by atoms with E-state index in [1.54, 1.807) is 0 Å². The fourth-order valence-corrected chi connectivity index (χ4v) is 4.14. The van der Waals surface area contributed by atoms with E-state index in [0.29, 0.717) is 5.56 Å². The molecule has 1 fully saturated rings. The molecule has 1 amide bonds. The molecule has 1 saturated heterocycles. The van der Waals surface area contributed by atoms with Crippen LogP contribution in [-0.4, -0.2) is 53.2 Å². The van der Waals surface area contributed by atoms with Gasteiger partial charge in [-0.25, -0.2) is 4.98 Å². The Morgan fingerprint density at radius 2 is 1.66 bits per heavy atom. The topological polar surface area (TPSA) is 59.4 Å². The molecule has 1 N–H and O–H groups in total. The van der Waals surface area contributed by atoms with Gasteiger partial charge in [-0.2, -0.15) is 0 Å². The third kappa shape index (κ3) is 4.42. The first-order valence-corrected chi connectivity index (χ1v) is 11.0. The second-order valence-corrected chi connectivity index (χ2v) is 8.00. The van der Waals surface area contributed by atoms with E-state index in [4.69, 9.17) is 4.74 Å². The number of para-hydroxylation sites is 2. The van der Waals surface area contributed by atoms with Crippen LogP contribution in [0.2, 0.25) is 0 Å². The predicted octanol–water partition coefficient (Wildman–Crippen LogP) is 3.83. The van der Waals surface area contributed by atoms with Crippen molar-refractivity contribution in [3.05, 3.63) is 96.3 Å². The van der Waals surface area contributed by atoms with Crippen LogP contribution in [0, 0.1) is 0 Å². The molecule has 2 heterocycles. The van der Waals surface area contributed by atoms with Crippen molar-refractivity contribution in [1.82, 2.24) is 19.8 Å². The van der Waals surface area contributed by atoms with Crippen molar-refractivity contribution in [3.63, 3.8) is 0 Å². The molecular formula is C26H26N4O2. The van der Waals surface area contributed by atoms with Crippen molar-refractivity contribution in [2.24, 2.45) is 0 Å². The van der Waals surface area contributed by atoms with E-state index in [1.165, 1.54) is 0 Å². The van der Waals surface area contributed by atoms with Crippen molar-refractivity contribution >= 4 is 16.9 Å². The number of ether oxygens (including phenoxy) is 1. The SMILES string of the molecule is O=C(N[C@@H](CN1CCOCC1)c1ccccc1)c1ccc(-n2cnc3ccccc32)cc1. The predicted molar refractivity (Wildman–Crippen MR) is 125 cm³/mol. The molecular weight excluding hydrogens is 400 g/mol. The third-order valence-electron chi connectivity index (χ3n) is 5.91. The van der Waals surface area contributed by atoms with Gasteiger partial charge in [-0.1, -0.05) is 42.5 Å². The minimum absolute atomic E-state index is 0.0749. The number of carbonyl (C=O) groups excluding carboxylic acids is 1. The number of imidazole rings is 1. The van der Waals surface area contributed by atoms with Crippen LogP contribution >= 0.6 is 0 Å². The van der Waals surface area contributed by atoms with Crippen molar-refractivity contribution in [3.8, 4) is 5.69 Å². The first kappa shape index (κ1) is 20.4. The van der Waals surface area contributed by atoms with Crippen molar-refractivity contribution in [2.45, 2.75) is 6.04 Å². The number of hydrogen-bond acceptors (Lipinski definition) is 4. The number of nitrogens with zero attached hydrogens (tertiary/aromatic N) is 3. The normalized spacial score (nSPS) is 15.5. The van der Waals surface area contributed by atoms with Gasteiger partial charge in [-0.3, -0.25) is 14.3 Å². The molecule has 0 saturated carbocycles. The van der Waals surface area contributed by atoms with Crippen LogP contribution in [0.4, 0.5) is 0 Å². The monoisotopic (exact) mass is 426 g/mol. The summed E-state index contributed by atoms with van der Waals surface area (Å²) in [4.78, 5) is 19.9. The number of fused-ring (bicyclic) bond motifs is 1. The summed E-state index contributed by atoms with van der Waals surface area (Å²) in [5.41, 5.74) is 4.71. The van der Waals surface area contributed by atoms with Gasteiger partial charge < -0.3 is 10.1 Å². The molecule has 3 aromatic carbocycles. The van der Waals surface area contributed by atoms with Gasteiger partial charge >= 0.3 is 0 Å². The number of hydrogen-bond donors (Lipinski definition) is 1. The zero-order valence-corrected chi connectivity index (χ0v) is 17.9. The van der Waals surface area contributed by atoms with Crippen LogP contribution in [0.25, 0.3) is 16.7 Å². The van der Waals surface area contributed by atoms with Crippen LogP contribution in [-0.2, 0) is 4.74 Å². The summed E-state index contributed by atoms with van der Waals surface area (Å²) in [5, 5.41) is 3.24. The average Bonchev–Trinajstić information content (AvgIpc) is 3.29. The van der Waals surface area contributed by atoms with Crippen LogP contribution in [0.3, 0.4) is 0 Å². The van der Waals surface area contributed by atoms with Crippen molar-refractivity contribution in [1.29, 1.82) is 0 Å². The van der Waals surface area contributed by atoms with Gasteiger partial charge in [0.2, 0.25) is 0 Å². The highest BCUT2D eigenvalue weighted by Crippen LogP contribution is 2.20. The second-order valence-electron chi connectivity index (χ2n) is 8.00. The lowest BCUT2D eigenvalue weighted by Crippen LogP contribution is -2.43.